The molecule has 1 aliphatic carbocycles. The fraction of sp³-hybridized carbons (Fsp3) is 0.600. The maximum atomic E-state index is 12.7. The van der Waals surface area contributed by atoms with Crippen molar-refractivity contribution >= 4 is 26.0 Å². The first-order chi connectivity index (χ1) is 9.57. The summed E-state index contributed by atoms with van der Waals surface area (Å²) in [4.78, 5) is 0.404. The van der Waals surface area contributed by atoms with Gasteiger partial charge in [-0.2, -0.15) is 4.31 Å². The lowest BCUT2D eigenvalue weighted by Crippen LogP contribution is -2.44. The maximum Gasteiger partial charge on any atom is 0.243 e. The highest BCUT2D eigenvalue weighted by Crippen LogP contribution is 2.37. The highest BCUT2D eigenvalue weighted by atomic mass is 79.9. The van der Waals surface area contributed by atoms with Gasteiger partial charge in [-0.3, -0.25) is 0 Å². The zero-order chi connectivity index (χ0) is 14.2. The number of sulfonamides is 1. The largest absolute Gasteiger partial charge is 0.243 e. The van der Waals surface area contributed by atoms with E-state index in [2.05, 4.69) is 15.9 Å². The molecule has 0 amide bonds. The van der Waals surface area contributed by atoms with Crippen molar-refractivity contribution in [2.45, 2.75) is 37.0 Å². The lowest BCUT2D eigenvalue weighted by molar-refractivity contribution is 0.136. The van der Waals surface area contributed by atoms with E-state index in [0.717, 1.165) is 16.8 Å². The van der Waals surface area contributed by atoms with Crippen molar-refractivity contribution in [1.29, 1.82) is 0 Å². The predicted octanol–water partition coefficient (Wildman–Crippen LogP) is 3.65. The van der Waals surface area contributed by atoms with Crippen molar-refractivity contribution in [1.82, 2.24) is 4.31 Å². The number of benzene rings is 1. The monoisotopic (exact) mass is 357 g/mol. The molecule has 1 saturated carbocycles. The van der Waals surface area contributed by atoms with E-state index >= 15 is 0 Å². The molecular formula is C15H20BrNO2S. The van der Waals surface area contributed by atoms with E-state index in [1.807, 2.05) is 6.07 Å². The Morgan fingerprint density at radius 2 is 1.85 bits per heavy atom. The Bertz CT molecular complexity index is 587. The minimum atomic E-state index is -3.33. The van der Waals surface area contributed by atoms with Gasteiger partial charge in [0.05, 0.1) is 4.90 Å². The molecule has 2 unspecified atom stereocenters. The van der Waals surface area contributed by atoms with Gasteiger partial charge in [-0.05, 0) is 42.9 Å². The van der Waals surface area contributed by atoms with Crippen LogP contribution in [0.1, 0.15) is 32.1 Å². The molecule has 0 aromatic heterocycles. The van der Waals surface area contributed by atoms with E-state index < -0.39 is 10.0 Å². The fourth-order valence-corrected chi connectivity index (χ4v) is 5.67. The summed E-state index contributed by atoms with van der Waals surface area (Å²) in [6.45, 7) is 1.38. The fourth-order valence-electron chi connectivity index (χ4n) is 3.56. The molecule has 2 fully saturated rings. The Hall–Kier alpha value is -0.390. The van der Waals surface area contributed by atoms with Gasteiger partial charge in [0.15, 0.2) is 0 Å². The SMILES string of the molecule is O=S(=O)(c1cccc(Br)c1)N1CCC2CCCCC2C1. The Labute approximate surface area is 129 Å². The minimum absolute atomic E-state index is 0.404. The number of hydrogen-bond donors (Lipinski definition) is 0. The van der Waals surface area contributed by atoms with Crippen LogP contribution in [0.4, 0.5) is 0 Å². The van der Waals surface area contributed by atoms with Crippen LogP contribution in [0.25, 0.3) is 0 Å². The third kappa shape index (κ3) is 2.81. The smallest absolute Gasteiger partial charge is 0.207 e. The number of rotatable bonds is 2. The molecular weight excluding hydrogens is 338 g/mol. The van der Waals surface area contributed by atoms with E-state index in [4.69, 9.17) is 0 Å². The third-order valence-electron chi connectivity index (χ3n) is 4.69. The van der Waals surface area contributed by atoms with Gasteiger partial charge in [-0.25, -0.2) is 8.42 Å². The molecule has 1 heterocycles. The summed E-state index contributed by atoms with van der Waals surface area (Å²) in [7, 11) is -3.33. The lowest BCUT2D eigenvalue weighted by atomic mass is 9.76. The minimum Gasteiger partial charge on any atom is -0.207 e. The van der Waals surface area contributed by atoms with E-state index in [0.29, 0.717) is 23.9 Å². The van der Waals surface area contributed by atoms with Crippen molar-refractivity contribution in [3.05, 3.63) is 28.7 Å². The number of hydrogen-bond acceptors (Lipinski definition) is 2. The standard InChI is InChI=1S/C15H20BrNO2S/c16-14-6-3-7-15(10-14)20(18,19)17-9-8-12-4-1-2-5-13(12)11-17/h3,6-7,10,12-13H,1-2,4-5,8-9,11H2. The Kier molecular flexibility index (Phi) is 4.20. The van der Waals surface area contributed by atoms with Gasteiger partial charge in [0, 0.05) is 17.6 Å². The molecule has 0 radical (unpaired) electrons. The molecule has 2 aliphatic rings. The molecule has 1 aliphatic heterocycles. The van der Waals surface area contributed by atoms with Gasteiger partial charge in [-0.15, -0.1) is 0 Å². The number of piperidine rings is 1. The molecule has 1 aromatic carbocycles. The zero-order valence-corrected chi connectivity index (χ0v) is 13.9. The van der Waals surface area contributed by atoms with E-state index in [1.165, 1.54) is 25.7 Å². The number of fused-ring (bicyclic) bond motifs is 1. The number of halogens is 1. The second kappa shape index (κ2) is 5.78. The topological polar surface area (TPSA) is 37.4 Å². The molecule has 0 N–H and O–H groups in total. The van der Waals surface area contributed by atoms with Gasteiger partial charge < -0.3 is 0 Å². The molecule has 3 rings (SSSR count). The highest BCUT2D eigenvalue weighted by molar-refractivity contribution is 9.10. The lowest BCUT2D eigenvalue weighted by Gasteiger charge is -2.40. The van der Waals surface area contributed by atoms with Crippen LogP contribution >= 0.6 is 15.9 Å². The van der Waals surface area contributed by atoms with Crippen molar-refractivity contribution in [3.63, 3.8) is 0 Å². The summed E-state index contributed by atoms with van der Waals surface area (Å²) in [5, 5.41) is 0. The third-order valence-corrected chi connectivity index (χ3v) is 7.04. The summed E-state index contributed by atoms with van der Waals surface area (Å²) >= 11 is 3.35. The summed E-state index contributed by atoms with van der Waals surface area (Å²) in [6, 6.07) is 7.02. The summed E-state index contributed by atoms with van der Waals surface area (Å²) in [5.41, 5.74) is 0. The van der Waals surface area contributed by atoms with Crippen LogP contribution in [0.2, 0.25) is 0 Å². The first kappa shape index (κ1) is 14.5. The molecule has 0 spiro atoms. The molecule has 5 heteroatoms. The van der Waals surface area contributed by atoms with Gasteiger partial charge in [0.2, 0.25) is 10.0 Å². The van der Waals surface area contributed by atoms with Crippen LogP contribution in [0.5, 0.6) is 0 Å². The Morgan fingerprint density at radius 1 is 1.10 bits per heavy atom. The van der Waals surface area contributed by atoms with Gasteiger partial charge in [0.1, 0.15) is 0 Å². The van der Waals surface area contributed by atoms with Gasteiger partial charge in [-0.1, -0.05) is 41.3 Å². The zero-order valence-electron chi connectivity index (χ0n) is 11.5. The molecule has 1 saturated heterocycles. The van der Waals surface area contributed by atoms with Crippen LogP contribution in [0.3, 0.4) is 0 Å². The molecule has 1 aromatic rings. The van der Waals surface area contributed by atoms with Gasteiger partial charge in [0.25, 0.3) is 0 Å². The van der Waals surface area contributed by atoms with E-state index in [-0.39, 0.29) is 0 Å². The predicted molar refractivity (Wildman–Crippen MR) is 83.0 cm³/mol. The van der Waals surface area contributed by atoms with Crippen LogP contribution in [-0.4, -0.2) is 25.8 Å². The highest BCUT2D eigenvalue weighted by Gasteiger charge is 2.36. The average Bonchev–Trinajstić information content (AvgIpc) is 2.46. The van der Waals surface area contributed by atoms with Crippen LogP contribution < -0.4 is 0 Å². The average molecular weight is 358 g/mol. The maximum absolute atomic E-state index is 12.7. The summed E-state index contributed by atoms with van der Waals surface area (Å²) in [6.07, 6.45) is 6.08. The van der Waals surface area contributed by atoms with Crippen molar-refractivity contribution in [2.24, 2.45) is 11.8 Å². The van der Waals surface area contributed by atoms with E-state index in [1.54, 1.807) is 22.5 Å². The molecule has 20 heavy (non-hydrogen) atoms. The second-order valence-corrected chi connectivity index (χ2v) is 8.77. The van der Waals surface area contributed by atoms with Crippen LogP contribution in [0.15, 0.2) is 33.6 Å². The molecule has 0 bridgehead atoms. The summed E-state index contributed by atoms with van der Waals surface area (Å²) < 4.78 is 27.9. The first-order valence-corrected chi connectivity index (χ1v) is 9.56. The van der Waals surface area contributed by atoms with E-state index in [9.17, 15) is 8.42 Å². The second-order valence-electron chi connectivity index (χ2n) is 5.91. The molecule has 2 atom stereocenters. The van der Waals surface area contributed by atoms with Crippen molar-refractivity contribution < 1.29 is 8.42 Å². The van der Waals surface area contributed by atoms with Crippen molar-refractivity contribution in [3.8, 4) is 0 Å². The Balaban J connectivity index is 1.81. The van der Waals surface area contributed by atoms with Crippen LogP contribution in [0, 0.1) is 11.8 Å². The quantitative estimate of drug-likeness (QED) is 0.809. The normalized spacial score (nSPS) is 28.1. The van der Waals surface area contributed by atoms with Gasteiger partial charge >= 0.3 is 0 Å². The summed E-state index contributed by atoms with van der Waals surface area (Å²) in [5.74, 6) is 1.32. The molecule has 3 nitrogen and oxygen atoms in total. The first-order valence-electron chi connectivity index (χ1n) is 7.33. The number of nitrogens with zero attached hydrogens (tertiary/aromatic N) is 1. The van der Waals surface area contributed by atoms with Crippen molar-refractivity contribution in [2.75, 3.05) is 13.1 Å². The Morgan fingerprint density at radius 3 is 2.60 bits per heavy atom. The molecule has 110 valence electrons. The van der Waals surface area contributed by atoms with Crippen LogP contribution in [-0.2, 0) is 10.0 Å².